The summed E-state index contributed by atoms with van der Waals surface area (Å²) in [5.41, 5.74) is 0.431. The molecule has 0 amide bonds. The van der Waals surface area contributed by atoms with Crippen LogP contribution in [0.15, 0.2) is 30.3 Å². The number of benzene rings is 1. The van der Waals surface area contributed by atoms with Gasteiger partial charge >= 0.3 is 0 Å². The van der Waals surface area contributed by atoms with E-state index in [2.05, 4.69) is 44.1 Å². The Kier molecular flexibility index (Phi) is 7.42. The summed E-state index contributed by atoms with van der Waals surface area (Å²) < 4.78 is 0. The minimum absolute atomic E-state index is 0.622. The predicted octanol–water partition coefficient (Wildman–Crippen LogP) is 3.38. The molecule has 0 aromatic heterocycles. The lowest BCUT2D eigenvalue weighted by Gasteiger charge is -2.33. The molecule has 116 valence electrons. The van der Waals surface area contributed by atoms with Gasteiger partial charge in [0.25, 0.3) is 0 Å². The fourth-order valence-corrected chi connectivity index (χ4v) is 2.41. The lowest BCUT2D eigenvalue weighted by molar-refractivity contribution is 0.238. The van der Waals surface area contributed by atoms with E-state index in [1.165, 1.54) is 0 Å². The first kappa shape index (κ1) is 17.7. The van der Waals surface area contributed by atoms with Crippen LogP contribution in [-0.2, 0) is 5.54 Å². The maximum Gasteiger partial charge on any atom is 0.145 e. The molecule has 1 atom stereocenters. The van der Waals surface area contributed by atoms with E-state index in [-0.39, 0.29) is 0 Å². The van der Waals surface area contributed by atoms with Gasteiger partial charge in [-0.2, -0.15) is 5.26 Å². The quantitative estimate of drug-likeness (QED) is 0.757. The van der Waals surface area contributed by atoms with Crippen LogP contribution >= 0.6 is 0 Å². The molecule has 0 heterocycles. The number of nitrogens with zero attached hydrogens (tertiary/aromatic N) is 2. The second-order valence-electron chi connectivity index (χ2n) is 6.23. The normalized spacial score (nSPS) is 14.1. The van der Waals surface area contributed by atoms with Crippen molar-refractivity contribution < 1.29 is 0 Å². The summed E-state index contributed by atoms with van der Waals surface area (Å²) in [6.45, 7) is 9.17. The van der Waals surface area contributed by atoms with E-state index in [9.17, 15) is 5.26 Å². The molecule has 1 aromatic carbocycles. The third-order valence-corrected chi connectivity index (χ3v) is 3.73. The molecule has 1 unspecified atom stereocenters. The highest BCUT2D eigenvalue weighted by Crippen LogP contribution is 2.22. The lowest BCUT2D eigenvalue weighted by Crippen LogP contribution is -2.49. The molecule has 1 aromatic rings. The summed E-state index contributed by atoms with van der Waals surface area (Å²) >= 11 is 0. The monoisotopic (exact) mass is 287 g/mol. The number of hydrogen-bond donors (Lipinski definition) is 1. The van der Waals surface area contributed by atoms with Crippen LogP contribution in [0, 0.1) is 17.2 Å². The molecule has 1 rings (SSSR count). The van der Waals surface area contributed by atoms with E-state index < -0.39 is 5.54 Å². The Bertz CT molecular complexity index is 436. The highest BCUT2D eigenvalue weighted by atomic mass is 15.1. The highest BCUT2D eigenvalue weighted by molar-refractivity contribution is 5.32. The molecule has 0 bridgehead atoms. The standard InChI is InChI=1S/C18H29N3/c1-5-12-20-18(14-19,17-9-7-6-8-10-17)15-21(4)13-11-16(2)3/h6-10,16,20H,5,11-13,15H2,1-4H3. The van der Waals surface area contributed by atoms with Gasteiger partial charge in [0.1, 0.15) is 5.54 Å². The maximum absolute atomic E-state index is 9.84. The Morgan fingerprint density at radius 1 is 1.29 bits per heavy atom. The van der Waals surface area contributed by atoms with Crippen molar-refractivity contribution in [3.63, 3.8) is 0 Å². The minimum Gasteiger partial charge on any atom is -0.303 e. The van der Waals surface area contributed by atoms with E-state index in [0.29, 0.717) is 12.5 Å². The molecular weight excluding hydrogens is 258 g/mol. The van der Waals surface area contributed by atoms with Gasteiger partial charge in [0.15, 0.2) is 0 Å². The molecule has 0 aliphatic heterocycles. The van der Waals surface area contributed by atoms with Crippen LogP contribution in [0.4, 0.5) is 0 Å². The molecule has 0 saturated carbocycles. The van der Waals surface area contributed by atoms with Gasteiger partial charge < -0.3 is 4.90 Å². The third-order valence-electron chi connectivity index (χ3n) is 3.73. The fourth-order valence-electron chi connectivity index (χ4n) is 2.41. The molecule has 21 heavy (non-hydrogen) atoms. The number of rotatable bonds is 9. The zero-order valence-electron chi connectivity index (χ0n) is 13.9. The largest absolute Gasteiger partial charge is 0.303 e. The van der Waals surface area contributed by atoms with Crippen LogP contribution in [0.5, 0.6) is 0 Å². The van der Waals surface area contributed by atoms with Crippen molar-refractivity contribution in [1.29, 1.82) is 5.26 Å². The average molecular weight is 287 g/mol. The molecule has 0 radical (unpaired) electrons. The van der Waals surface area contributed by atoms with Crippen LogP contribution in [0.25, 0.3) is 0 Å². The Morgan fingerprint density at radius 3 is 2.48 bits per heavy atom. The first-order chi connectivity index (χ1) is 10.0. The topological polar surface area (TPSA) is 39.1 Å². The van der Waals surface area contributed by atoms with Gasteiger partial charge in [-0.05, 0) is 44.5 Å². The SMILES string of the molecule is CCCNC(C#N)(CN(C)CCC(C)C)c1ccccc1. The smallest absolute Gasteiger partial charge is 0.145 e. The van der Waals surface area contributed by atoms with Gasteiger partial charge in [0.05, 0.1) is 6.07 Å². The molecule has 3 heteroatoms. The van der Waals surface area contributed by atoms with E-state index in [0.717, 1.165) is 31.5 Å². The predicted molar refractivity (Wildman–Crippen MR) is 89.0 cm³/mol. The van der Waals surface area contributed by atoms with E-state index in [1.54, 1.807) is 0 Å². The Labute approximate surface area is 130 Å². The molecule has 1 N–H and O–H groups in total. The summed E-state index contributed by atoms with van der Waals surface area (Å²) in [5.74, 6) is 0.685. The molecular formula is C18H29N3. The molecule has 0 fully saturated rings. The van der Waals surface area contributed by atoms with Crippen molar-refractivity contribution in [3.05, 3.63) is 35.9 Å². The number of nitrogens with one attached hydrogen (secondary N) is 1. The van der Waals surface area contributed by atoms with Gasteiger partial charge in [-0.1, -0.05) is 51.1 Å². The van der Waals surface area contributed by atoms with Crippen LogP contribution in [0.1, 0.15) is 39.2 Å². The van der Waals surface area contributed by atoms with Crippen molar-refractivity contribution in [1.82, 2.24) is 10.2 Å². The summed E-state index contributed by atoms with van der Waals surface area (Å²) in [6, 6.07) is 12.6. The first-order valence-electron chi connectivity index (χ1n) is 7.94. The summed E-state index contributed by atoms with van der Waals surface area (Å²) in [6.07, 6.45) is 2.17. The lowest BCUT2D eigenvalue weighted by atomic mass is 9.90. The average Bonchev–Trinajstić information content (AvgIpc) is 2.50. The first-order valence-corrected chi connectivity index (χ1v) is 7.94. The van der Waals surface area contributed by atoms with Crippen LogP contribution in [-0.4, -0.2) is 31.6 Å². The van der Waals surface area contributed by atoms with Crippen molar-refractivity contribution in [2.75, 3.05) is 26.7 Å². The molecule has 0 aliphatic carbocycles. The van der Waals surface area contributed by atoms with Crippen molar-refractivity contribution in [3.8, 4) is 6.07 Å². The van der Waals surface area contributed by atoms with Crippen molar-refractivity contribution >= 4 is 0 Å². The highest BCUT2D eigenvalue weighted by Gasteiger charge is 2.32. The Balaban J connectivity index is 2.89. The Hall–Kier alpha value is -1.37. The molecule has 3 nitrogen and oxygen atoms in total. The van der Waals surface area contributed by atoms with Gasteiger partial charge in [0.2, 0.25) is 0 Å². The fraction of sp³-hybridized carbons (Fsp3) is 0.611. The summed E-state index contributed by atoms with van der Waals surface area (Å²) in [7, 11) is 2.10. The van der Waals surface area contributed by atoms with Crippen molar-refractivity contribution in [2.45, 2.75) is 39.2 Å². The molecule has 0 saturated heterocycles. The Morgan fingerprint density at radius 2 is 1.95 bits per heavy atom. The van der Waals surface area contributed by atoms with Gasteiger partial charge in [-0.25, -0.2) is 0 Å². The number of nitriles is 1. The molecule has 0 aliphatic rings. The number of hydrogen-bond acceptors (Lipinski definition) is 3. The van der Waals surface area contributed by atoms with Crippen LogP contribution in [0.2, 0.25) is 0 Å². The van der Waals surface area contributed by atoms with Crippen LogP contribution < -0.4 is 5.32 Å². The van der Waals surface area contributed by atoms with E-state index >= 15 is 0 Å². The van der Waals surface area contributed by atoms with Gasteiger partial charge in [-0.3, -0.25) is 5.32 Å². The summed E-state index contributed by atoms with van der Waals surface area (Å²) in [5, 5.41) is 13.3. The van der Waals surface area contributed by atoms with Gasteiger partial charge in [0, 0.05) is 6.54 Å². The van der Waals surface area contributed by atoms with Gasteiger partial charge in [-0.15, -0.1) is 0 Å². The summed E-state index contributed by atoms with van der Waals surface area (Å²) in [4.78, 5) is 2.26. The van der Waals surface area contributed by atoms with Crippen molar-refractivity contribution in [2.24, 2.45) is 5.92 Å². The zero-order valence-corrected chi connectivity index (χ0v) is 13.9. The number of likely N-dealkylation sites (N-methyl/N-ethyl adjacent to an activating group) is 1. The molecule has 0 spiro atoms. The maximum atomic E-state index is 9.84. The van der Waals surface area contributed by atoms with E-state index in [1.807, 2.05) is 30.3 Å². The zero-order chi connectivity index (χ0) is 15.7. The second-order valence-corrected chi connectivity index (χ2v) is 6.23. The second kappa shape index (κ2) is 8.81. The van der Waals surface area contributed by atoms with E-state index in [4.69, 9.17) is 0 Å². The third kappa shape index (κ3) is 5.49. The minimum atomic E-state index is -0.622. The van der Waals surface area contributed by atoms with Crippen LogP contribution in [0.3, 0.4) is 0 Å².